The van der Waals surface area contributed by atoms with E-state index >= 15 is 0 Å². The topological polar surface area (TPSA) is 0 Å². The van der Waals surface area contributed by atoms with E-state index in [0.717, 1.165) is 29.1 Å². The Bertz CT molecular complexity index is 546. The van der Waals surface area contributed by atoms with Crippen LogP contribution in [0.1, 0.15) is 104 Å². The molecular weight excluding hydrogens is 324 g/mol. The molecule has 6 aliphatic rings. The quantitative estimate of drug-likeness (QED) is 0.466. The Labute approximate surface area is 168 Å². The molecule has 0 aromatic heterocycles. The van der Waals surface area contributed by atoms with Crippen LogP contribution in [0.4, 0.5) is 0 Å². The Hall–Kier alpha value is 0. The lowest BCUT2D eigenvalue weighted by molar-refractivity contribution is -0.110. The number of rotatable bonds is 5. The van der Waals surface area contributed by atoms with Crippen molar-refractivity contribution in [1.82, 2.24) is 0 Å². The standard InChI is InChI=1S/C27H44/c1-3-17(2)26-24(27(26)22-14-5-4-6-15-23(22)27)16-21-19-12-7-8-13-20(19)25(21)18-10-9-11-18/h17-26H,3-16H2,1-2H3. The van der Waals surface area contributed by atoms with Crippen molar-refractivity contribution in [3.8, 4) is 0 Å². The van der Waals surface area contributed by atoms with Crippen LogP contribution in [-0.4, -0.2) is 0 Å². The minimum absolute atomic E-state index is 0.889. The molecule has 27 heavy (non-hydrogen) atoms. The molecule has 0 aliphatic heterocycles. The molecule has 0 bridgehead atoms. The number of hydrogen-bond donors (Lipinski definition) is 0. The van der Waals surface area contributed by atoms with E-state index in [1.807, 2.05) is 0 Å². The Morgan fingerprint density at radius 1 is 0.778 bits per heavy atom. The van der Waals surface area contributed by atoms with Gasteiger partial charge < -0.3 is 0 Å². The van der Waals surface area contributed by atoms with Gasteiger partial charge in [-0.2, -0.15) is 0 Å². The summed E-state index contributed by atoms with van der Waals surface area (Å²) in [5, 5.41) is 0. The summed E-state index contributed by atoms with van der Waals surface area (Å²) in [7, 11) is 0. The van der Waals surface area contributed by atoms with Crippen molar-refractivity contribution in [3.63, 3.8) is 0 Å². The van der Waals surface area contributed by atoms with Crippen LogP contribution in [0.3, 0.4) is 0 Å². The van der Waals surface area contributed by atoms with Gasteiger partial charge in [0.1, 0.15) is 0 Å². The molecule has 0 nitrogen and oxygen atoms in total. The van der Waals surface area contributed by atoms with Gasteiger partial charge in [0.2, 0.25) is 0 Å². The summed E-state index contributed by atoms with van der Waals surface area (Å²) in [6.45, 7) is 5.10. The average Bonchev–Trinajstić information content (AvgIpc) is 3.50. The van der Waals surface area contributed by atoms with E-state index in [4.69, 9.17) is 0 Å². The first-order valence-corrected chi connectivity index (χ1v) is 13.3. The highest BCUT2D eigenvalue weighted by atomic mass is 14.9. The molecule has 9 atom stereocenters. The average molecular weight is 369 g/mol. The Kier molecular flexibility index (Phi) is 4.29. The van der Waals surface area contributed by atoms with E-state index in [-0.39, 0.29) is 0 Å². The predicted octanol–water partition coefficient (Wildman–Crippen LogP) is 7.72. The molecule has 6 saturated carbocycles. The maximum Gasteiger partial charge on any atom is -0.0170 e. The van der Waals surface area contributed by atoms with Crippen LogP contribution in [0.15, 0.2) is 0 Å². The second-order valence-corrected chi connectivity index (χ2v) is 12.1. The van der Waals surface area contributed by atoms with Crippen molar-refractivity contribution in [1.29, 1.82) is 0 Å². The monoisotopic (exact) mass is 368 g/mol. The SMILES string of the molecule is CCC(C)C1C(CC2C3CCCCC3C2C2CCC2)C12C1CCCCCC12. The fourth-order valence-corrected chi connectivity index (χ4v) is 10.3. The zero-order valence-corrected chi connectivity index (χ0v) is 18.2. The van der Waals surface area contributed by atoms with Gasteiger partial charge in [0, 0.05) is 0 Å². The molecule has 0 amide bonds. The molecule has 6 aliphatic carbocycles. The first-order valence-electron chi connectivity index (χ1n) is 13.3. The van der Waals surface area contributed by atoms with E-state index < -0.39 is 0 Å². The van der Waals surface area contributed by atoms with Crippen molar-refractivity contribution in [2.45, 2.75) is 104 Å². The van der Waals surface area contributed by atoms with Gasteiger partial charge in [0.15, 0.2) is 0 Å². The van der Waals surface area contributed by atoms with Crippen LogP contribution in [-0.2, 0) is 0 Å². The number of hydrogen-bond acceptors (Lipinski definition) is 0. The lowest BCUT2D eigenvalue weighted by Crippen LogP contribution is -2.53. The molecule has 6 fully saturated rings. The lowest BCUT2D eigenvalue weighted by Gasteiger charge is -2.60. The molecule has 0 radical (unpaired) electrons. The molecule has 0 aromatic rings. The Balaban J connectivity index is 1.22. The molecule has 152 valence electrons. The van der Waals surface area contributed by atoms with E-state index in [1.54, 1.807) is 77.0 Å². The predicted molar refractivity (Wildman–Crippen MR) is 113 cm³/mol. The normalized spacial score (nSPS) is 54.9. The van der Waals surface area contributed by atoms with Crippen LogP contribution >= 0.6 is 0 Å². The summed E-state index contributed by atoms with van der Waals surface area (Å²) in [4.78, 5) is 0. The summed E-state index contributed by atoms with van der Waals surface area (Å²) >= 11 is 0. The van der Waals surface area contributed by atoms with Gasteiger partial charge in [0.05, 0.1) is 0 Å². The van der Waals surface area contributed by atoms with Crippen LogP contribution in [0.2, 0.25) is 0 Å². The molecule has 6 rings (SSSR count). The zero-order chi connectivity index (χ0) is 18.2. The molecule has 1 spiro atoms. The second-order valence-electron chi connectivity index (χ2n) is 12.1. The van der Waals surface area contributed by atoms with Crippen molar-refractivity contribution >= 4 is 0 Å². The van der Waals surface area contributed by atoms with E-state index in [2.05, 4.69) is 13.8 Å². The number of fused-ring (bicyclic) bond motifs is 4. The molecule has 0 N–H and O–H groups in total. The third-order valence-electron chi connectivity index (χ3n) is 11.6. The van der Waals surface area contributed by atoms with Crippen molar-refractivity contribution in [3.05, 3.63) is 0 Å². The molecule has 0 aromatic carbocycles. The van der Waals surface area contributed by atoms with Crippen molar-refractivity contribution in [2.24, 2.45) is 64.6 Å². The Morgan fingerprint density at radius 3 is 2.07 bits per heavy atom. The minimum Gasteiger partial charge on any atom is -0.0651 e. The van der Waals surface area contributed by atoms with Gasteiger partial charge in [-0.05, 0) is 96.7 Å². The third-order valence-corrected chi connectivity index (χ3v) is 11.6. The van der Waals surface area contributed by atoms with Gasteiger partial charge in [-0.1, -0.05) is 71.6 Å². The molecule has 0 heteroatoms. The zero-order valence-electron chi connectivity index (χ0n) is 18.2. The summed E-state index contributed by atoms with van der Waals surface area (Å²) in [6.07, 6.45) is 22.1. The third kappa shape index (κ3) is 2.40. The summed E-state index contributed by atoms with van der Waals surface area (Å²) in [5.41, 5.74) is 0.889. The van der Waals surface area contributed by atoms with Gasteiger partial charge in [-0.25, -0.2) is 0 Å². The lowest BCUT2D eigenvalue weighted by atomic mass is 9.45. The second kappa shape index (κ2) is 6.50. The summed E-state index contributed by atoms with van der Waals surface area (Å²) < 4.78 is 0. The fourth-order valence-electron chi connectivity index (χ4n) is 10.3. The minimum atomic E-state index is 0.889. The smallest absolute Gasteiger partial charge is 0.0170 e. The largest absolute Gasteiger partial charge is 0.0651 e. The highest BCUT2D eigenvalue weighted by Crippen LogP contribution is 2.87. The molecule has 0 saturated heterocycles. The van der Waals surface area contributed by atoms with Crippen LogP contribution in [0.5, 0.6) is 0 Å². The molecule has 9 unspecified atom stereocenters. The Morgan fingerprint density at radius 2 is 1.44 bits per heavy atom. The van der Waals surface area contributed by atoms with Crippen LogP contribution in [0, 0.1) is 64.6 Å². The molecule has 0 heterocycles. The maximum absolute atomic E-state index is 2.62. The maximum atomic E-state index is 2.62. The van der Waals surface area contributed by atoms with Crippen molar-refractivity contribution in [2.75, 3.05) is 0 Å². The van der Waals surface area contributed by atoms with E-state index in [9.17, 15) is 0 Å². The van der Waals surface area contributed by atoms with Gasteiger partial charge in [-0.3, -0.25) is 0 Å². The highest BCUT2D eigenvalue weighted by Gasteiger charge is 2.83. The first-order chi connectivity index (χ1) is 13.3. The van der Waals surface area contributed by atoms with E-state index in [0.29, 0.717) is 0 Å². The summed E-state index contributed by atoms with van der Waals surface area (Å²) in [6, 6.07) is 0. The first kappa shape index (κ1) is 17.8. The van der Waals surface area contributed by atoms with Crippen LogP contribution < -0.4 is 0 Å². The van der Waals surface area contributed by atoms with Crippen molar-refractivity contribution < 1.29 is 0 Å². The van der Waals surface area contributed by atoms with Crippen LogP contribution in [0.25, 0.3) is 0 Å². The molecular formula is C27H44. The van der Waals surface area contributed by atoms with E-state index in [1.165, 1.54) is 48.3 Å². The summed E-state index contributed by atoms with van der Waals surface area (Å²) in [5.74, 6) is 11.5. The fraction of sp³-hybridized carbons (Fsp3) is 1.00. The van der Waals surface area contributed by atoms with Gasteiger partial charge in [-0.15, -0.1) is 0 Å². The van der Waals surface area contributed by atoms with Gasteiger partial charge in [0.25, 0.3) is 0 Å². The highest BCUT2D eigenvalue weighted by molar-refractivity contribution is 5.30. The van der Waals surface area contributed by atoms with Gasteiger partial charge >= 0.3 is 0 Å².